The molecule has 0 amide bonds. The number of hydrogen-bond donors (Lipinski definition) is 2. The van der Waals surface area contributed by atoms with Gasteiger partial charge in [-0.05, 0) is 73.3 Å². The zero-order chi connectivity index (χ0) is 21.1. The van der Waals surface area contributed by atoms with Gasteiger partial charge in [0, 0.05) is 43.2 Å². The highest BCUT2D eigenvalue weighted by molar-refractivity contribution is 7.92. The van der Waals surface area contributed by atoms with Crippen LogP contribution in [0, 0.1) is 0 Å². The lowest BCUT2D eigenvalue weighted by molar-refractivity contribution is 0.224. The quantitative estimate of drug-likeness (QED) is 0.685. The summed E-state index contributed by atoms with van der Waals surface area (Å²) in [5.41, 5.74) is 9.76. The third kappa shape index (κ3) is 5.17. The second-order valence-electron chi connectivity index (χ2n) is 8.17. The van der Waals surface area contributed by atoms with Gasteiger partial charge in [0.15, 0.2) is 0 Å². The van der Waals surface area contributed by atoms with Crippen molar-refractivity contribution in [2.75, 3.05) is 60.9 Å². The van der Waals surface area contributed by atoms with Crippen LogP contribution in [0.3, 0.4) is 0 Å². The Morgan fingerprint density at radius 2 is 1.83 bits per heavy atom. The van der Waals surface area contributed by atoms with E-state index in [2.05, 4.69) is 20.6 Å². The predicted molar refractivity (Wildman–Crippen MR) is 122 cm³/mol. The third-order valence-corrected chi connectivity index (χ3v) is 6.51. The van der Waals surface area contributed by atoms with E-state index >= 15 is 0 Å². The summed E-state index contributed by atoms with van der Waals surface area (Å²) in [4.78, 5) is 4.88. The topological polar surface area (TPSA) is 87.9 Å². The second kappa shape index (κ2) is 8.73. The molecule has 0 saturated carbocycles. The largest absolute Gasteiger partial charge is 0.493 e. The van der Waals surface area contributed by atoms with Crippen LogP contribution in [0.5, 0.6) is 5.75 Å². The summed E-state index contributed by atoms with van der Waals surface area (Å²) in [5.74, 6) is 1.49. The van der Waals surface area contributed by atoms with Crippen LogP contribution in [-0.4, -0.2) is 58.9 Å². The van der Waals surface area contributed by atoms with Gasteiger partial charge >= 0.3 is 0 Å². The summed E-state index contributed by atoms with van der Waals surface area (Å²) in [6.45, 7) is 5.84. The highest BCUT2D eigenvalue weighted by Gasteiger charge is 2.24. The van der Waals surface area contributed by atoms with Crippen molar-refractivity contribution < 1.29 is 13.2 Å². The zero-order valence-corrected chi connectivity index (χ0v) is 18.2. The number of benzene rings is 2. The molecule has 0 spiro atoms. The maximum atomic E-state index is 11.3. The van der Waals surface area contributed by atoms with Crippen molar-refractivity contribution in [2.45, 2.75) is 18.8 Å². The molecular formula is C22H30N4O3S. The molecule has 30 heavy (non-hydrogen) atoms. The van der Waals surface area contributed by atoms with Crippen molar-refractivity contribution in [2.24, 2.45) is 0 Å². The highest BCUT2D eigenvalue weighted by Crippen LogP contribution is 2.37. The van der Waals surface area contributed by atoms with Gasteiger partial charge < -0.3 is 15.4 Å². The van der Waals surface area contributed by atoms with E-state index in [1.165, 1.54) is 5.56 Å². The maximum absolute atomic E-state index is 11.3. The molecule has 162 valence electrons. The average molecular weight is 431 g/mol. The molecule has 0 aliphatic carbocycles. The Kier molecular flexibility index (Phi) is 6.06. The van der Waals surface area contributed by atoms with Gasteiger partial charge in [-0.15, -0.1) is 0 Å². The predicted octanol–water partition coefficient (Wildman–Crippen LogP) is 2.72. The molecule has 2 aromatic carbocycles. The van der Waals surface area contributed by atoms with Gasteiger partial charge in [0.2, 0.25) is 10.0 Å². The summed E-state index contributed by atoms with van der Waals surface area (Å²) in [5, 5.41) is 0. The Morgan fingerprint density at radius 1 is 1.10 bits per heavy atom. The minimum Gasteiger partial charge on any atom is -0.493 e. The zero-order valence-electron chi connectivity index (χ0n) is 17.4. The Labute approximate surface area is 178 Å². The molecule has 1 unspecified atom stereocenters. The van der Waals surface area contributed by atoms with Crippen LogP contribution in [-0.2, 0) is 10.0 Å². The van der Waals surface area contributed by atoms with Crippen LogP contribution in [0.15, 0.2) is 42.5 Å². The van der Waals surface area contributed by atoms with Gasteiger partial charge in [0.25, 0.3) is 0 Å². The molecule has 0 aromatic heterocycles. The SMILES string of the molecule is CS(=O)(=O)Nc1ccc(N2CCN(CCC3CCOc4ccc(N)cc43)CC2)cc1. The first-order valence-corrected chi connectivity index (χ1v) is 12.3. The third-order valence-electron chi connectivity index (χ3n) is 5.90. The van der Waals surface area contributed by atoms with E-state index in [9.17, 15) is 8.42 Å². The van der Waals surface area contributed by atoms with E-state index in [-0.39, 0.29) is 0 Å². The van der Waals surface area contributed by atoms with Gasteiger partial charge in [-0.1, -0.05) is 0 Å². The molecule has 2 aliphatic rings. The number of ether oxygens (including phenoxy) is 1. The molecule has 2 aromatic rings. The van der Waals surface area contributed by atoms with Gasteiger partial charge in [-0.2, -0.15) is 0 Å². The summed E-state index contributed by atoms with van der Waals surface area (Å²) in [7, 11) is -3.24. The first-order chi connectivity index (χ1) is 14.4. The number of sulfonamides is 1. The molecular weight excluding hydrogens is 400 g/mol. The summed E-state index contributed by atoms with van der Waals surface area (Å²) in [6.07, 6.45) is 3.32. The molecule has 8 heteroatoms. The Bertz CT molecular complexity index is 970. The first-order valence-electron chi connectivity index (χ1n) is 10.4. The van der Waals surface area contributed by atoms with Crippen molar-refractivity contribution in [1.29, 1.82) is 0 Å². The molecule has 1 saturated heterocycles. The van der Waals surface area contributed by atoms with Crippen LogP contribution < -0.4 is 20.1 Å². The fourth-order valence-electron chi connectivity index (χ4n) is 4.31. The van der Waals surface area contributed by atoms with Crippen molar-refractivity contribution in [3.05, 3.63) is 48.0 Å². The number of rotatable bonds is 6. The van der Waals surface area contributed by atoms with E-state index < -0.39 is 10.0 Å². The smallest absolute Gasteiger partial charge is 0.229 e. The summed E-state index contributed by atoms with van der Waals surface area (Å²) < 4.78 is 31.0. The molecule has 0 bridgehead atoms. The molecule has 1 atom stereocenters. The maximum Gasteiger partial charge on any atom is 0.229 e. The number of nitrogen functional groups attached to an aromatic ring is 1. The van der Waals surface area contributed by atoms with E-state index in [0.29, 0.717) is 11.6 Å². The molecule has 2 heterocycles. The van der Waals surface area contributed by atoms with E-state index in [0.717, 1.165) is 75.6 Å². The minimum absolute atomic E-state index is 0.505. The fourth-order valence-corrected chi connectivity index (χ4v) is 4.87. The van der Waals surface area contributed by atoms with Crippen LogP contribution in [0.1, 0.15) is 24.3 Å². The van der Waals surface area contributed by atoms with E-state index in [4.69, 9.17) is 10.5 Å². The molecule has 4 rings (SSSR count). The lowest BCUT2D eigenvalue weighted by atomic mass is 9.89. The Balaban J connectivity index is 1.28. The van der Waals surface area contributed by atoms with E-state index in [1.54, 1.807) is 0 Å². The number of hydrogen-bond acceptors (Lipinski definition) is 6. The monoisotopic (exact) mass is 430 g/mol. The number of anilines is 3. The fraction of sp³-hybridized carbons (Fsp3) is 0.455. The minimum atomic E-state index is -3.24. The van der Waals surface area contributed by atoms with E-state index in [1.807, 2.05) is 36.4 Å². The summed E-state index contributed by atoms with van der Waals surface area (Å²) in [6, 6.07) is 13.6. The van der Waals surface area contributed by atoms with Crippen molar-refractivity contribution in [1.82, 2.24) is 4.90 Å². The van der Waals surface area contributed by atoms with Crippen LogP contribution in [0.2, 0.25) is 0 Å². The van der Waals surface area contributed by atoms with Gasteiger partial charge in [-0.3, -0.25) is 9.62 Å². The van der Waals surface area contributed by atoms with Crippen molar-refractivity contribution in [3.63, 3.8) is 0 Å². The number of nitrogens with zero attached hydrogens (tertiary/aromatic N) is 2. The van der Waals surface area contributed by atoms with Gasteiger partial charge in [-0.25, -0.2) is 8.42 Å². The standard InChI is InChI=1S/C22H30N4O3S/c1-30(27,28)24-19-3-5-20(6-4-19)26-13-11-25(12-14-26)10-8-17-9-15-29-22-7-2-18(23)16-21(17)22/h2-7,16-17,24H,8-15,23H2,1H3. The number of piperazine rings is 1. The van der Waals surface area contributed by atoms with Gasteiger partial charge in [0.1, 0.15) is 5.75 Å². The average Bonchev–Trinajstić information content (AvgIpc) is 2.72. The van der Waals surface area contributed by atoms with Crippen LogP contribution in [0.4, 0.5) is 17.1 Å². The van der Waals surface area contributed by atoms with Crippen LogP contribution in [0.25, 0.3) is 0 Å². The molecule has 3 N–H and O–H groups in total. The normalized spacial score (nSPS) is 19.8. The number of nitrogens with two attached hydrogens (primary N) is 1. The number of fused-ring (bicyclic) bond motifs is 1. The molecule has 2 aliphatic heterocycles. The Morgan fingerprint density at radius 3 is 2.53 bits per heavy atom. The lowest BCUT2D eigenvalue weighted by Crippen LogP contribution is -2.46. The molecule has 1 fully saturated rings. The number of nitrogens with one attached hydrogen (secondary N) is 1. The first kappa shape index (κ1) is 20.8. The summed E-state index contributed by atoms with van der Waals surface area (Å²) >= 11 is 0. The van der Waals surface area contributed by atoms with Crippen molar-refractivity contribution >= 4 is 27.1 Å². The van der Waals surface area contributed by atoms with Gasteiger partial charge in [0.05, 0.1) is 12.9 Å². The Hall–Kier alpha value is -2.45. The second-order valence-corrected chi connectivity index (χ2v) is 9.92. The van der Waals surface area contributed by atoms with Crippen molar-refractivity contribution in [3.8, 4) is 5.75 Å². The highest BCUT2D eigenvalue weighted by atomic mass is 32.2. The molecule has 7 nitrogen and oxygen atoms in total. The molecule has 0 radical (unpaired) electrons. The van der Waals surface area contributed by atoms with Crippen LogP contribution >= 0.6 is 0 Å². The lowest BCUT2D eigenvalue weighted by Gasteiger charge is -2.37.